The molecule has 0 aromatic heterocycles. The normalized spacial score (nSPS) is 12.6. The van der Waals surface area contributed by atoms with Crippen LogP contribution in [0.15, 0.2) is 12.2 Å². The van der Waals surface area contributed by atoms with E-state index in [0.717, 1.165) is 13.1 Å². The van der Waals surface area contributed by atoms with E-state index in [2.05, 4.69) is 51.6 Å². The van der Waals surface area contributed by atoms with Gasteiger partial charge in [0, 0.05) is 0 Å². The smallest absolute Gasteiger partial charge is 0.00721 e. The van der Waals surface area contributed by atoms with Crippen molar-refractivity contribution in [2.75, 3.05) is 13.1 Å². The standard InChI is InChI=1S/C12H24N/c1-5-7-8-12(3,4)9-11-13-10-6-2/h5-7,13H,8-11H2,1-4H3/q-1. The van der Waals surface area contributed by atoms with Gasteiger partial charge in [-0.15, -0.1) is 6.54 Å². The maximum Gasteiger partial charge on any atom is -0.00721 e. The van der Waals surface area contributed by atoms with Gasteiger partial charge in [0.15, 0.2) is 0 Å². The van der Waals surface area contributed by atoms with Crippen molar-refractivity contribution in [2.24, 2.45) is 5.41 Å². The molecule has 0 bridgehead atoms. The second-order valence-electron chi connectivity index (χ2n) is 4.30. The lowest BCUT2D eigenvalue weighted by atomic mass is 9.85. The summed E-state index contributed by atoms with van der Waals surface area (Å²) in [6.45, 7) is 11.0. The third-order valence-electron chi connectivity index (χ3n) is 2.23. The highest BCUT2D eigenvalue weighted by Gasteiger charge is 2.14. The molecule has 0 fully saturated rings. The van der Waals surface area contributed by atoms with Crippen LogP contribution < -0.4 is 5.32 Å². The predicted molar refractivity (Wildman–Crippen MR) is 60.7 cm³/mol. The first-order valence-corrected chi connectivity index (χ1v) is 5.22. The van der Waals surface area contributed by atoms with Gasteiger partial charge in [0.05, 0.1) is 0 Å². The second kappa shape index (κ2) is 7.14. The van der Waals surface area contributed by atoms with E-state index in [4.69, 9.17) is 0 Å². The Morgan fingerprint density at radius 2 is 2.08 bits per heavy atom. The SMILES string of the molecule is CC=CCC(C)(C)CCNC[CH-]C. The molecule has 0 aliphatic rings. The van der Waals surface area contributed by atoms with Crippen LogP contribution in [-0.4, -0.2) is 13.1 Å². The van der Waals surface area contributed by atoms with Crippen LogP contribution >= 0.6 is 0 Å². The number of allylic oxidation sites excluding steroid dienone is 2. The van der Waals surface area contributed by atoms with E-state index in [0.29, 0.717) is 5.41 Å². The van der Waals surface area contributed by atoms with Crippen molar-refractivity contribution < 1.29 is 0 Å². The average Bonchev–Trinajstić information content (AvgIpc) is 2.09. The van der Waals surface area contributed by atoms with Crippen LogP contribution in [-0.2, 0) is 0 Å². The van der Waals surface area contributed by atoms with Crippen molar-refractivity contribution >= 4 is 0 Å². The maximum atomic E-state index is 3.39. The Kier molecular flexibility index (Phi) is 6.97. The van der Waals surface area contributed by atoms with E-state index in [-0.39, 0.29) is 0 Å². The Labute approximate surface area is 83.6 Å². The fourth-order valence-electron chi connectivity index (χ4n) is 1.21. The summed E-state index contributed by atoms with van der Waals surface area (Å²) in [6.07, 6.45) is 8.96. The summed E-state index contributed by atoms with van der Waals surface area (Å²) < 4.78 is 0. The molecule has 1 heteroatoms. The third kappa shape index (κ3) is 8.04. The van der Waals surface area contributed by atoms with Crippen molar-refractivity contribution in [3.63, 3.8) is 0 Å². The van der Waals surface area contributed by atoms with Crippen molar-refractivity contribution in [3.05, 3.63) is 18.6 Å². The molecule has 0 amide bonds. The zero-order chi connectivity index (χ0) is 10.2. The van der Waals surface area contributed by atoms with E-state index < -0.39 is 0 Å². The van der Waals surface area contributed by atoms with Gasteiger partial charge in [0.2, 0.25) is 0 Å². The zero-order valence-corrected chi connectivity index (χ0v) is 9.56. The summed E-state index contributed by atoms with van der Waals surface area (Å²) in [4.78, 5) is 0. The van der Waals surface area contributed by atoms with Crippen molar-refractivity contribution in [1.29, 1.82) is 0 Å². The van der Waals surface area contributed by atoms with Crippen LogP contribution in [0.5, 0.6) is 0 Å². The molecule has 78 valence electrons. The van der Waals surface area contributed by atoms with Crippen LogP contribution in [0.25, 0.3) is 0 Å². The van der Waals surface area contributed by atoms with Gasteiger partial charge in [-0.1, -0.05) is 26.0 Å². The van der Waals surface area contributed by atoms with Crippen LogP contribution in [0.1, 0.15) is 40.5 Å². The van der Waals surface area contributed by atoms with Crippen molar-refractivity contribution in [3.8, 4) is 0 Å². The van der Waals surface area contributed by atoms with E-state index in [1.54, 1.807) is 0 Å². The first-order valence-electron chi connectivity index (χ1n) is 5.22. The Morgan fingerprint density at radius 1 is 1.38 bits per heavy atom. The molecule has 1 N–H and O–H groups in total. The predicted octanol–water partition coefficient (Wildman–Crippen LogP) is 3.18. The Hall–Kier alpha value is -0.300. The summed E-state index contributed by atoms with van der Waals surface area (Å²) >= 11 is 0. The maximum absolute atomic E-state index is 3.39. The van der Waals surface area contributed by atoms with Crippen LogP contribution in [0, 0.1) is 11.8 Å². The summed E-state index contributed by atoms with van der Waals surface area (Å²) in [5, 5.41) is 3.39. The molecule has 0 unspecified atom stereocenters. The molecular formula is C12H24N-. The minimum absolute atomic E-state index is 0.438. The van der Waals surface area contributed by atoms with Gasteiger partial charge in [0.1, 0.15) is 0 Å². The average molecular weight is 182 g/mol. The molecule has 0 aliphatic heterocycles. The highest BCUT2D eigenvalue weighted by Crippen LogP contribution is 2.24. The molecular weight excluding hydrogens is 158 g/mol. The molecule has 13 heavy (non-hydrogen) atoms. The number of hydrogen-bond donors (Lipinski definition) is 1. The molecule has 0 atom stereocenters. The van der Waals surface area contributed by atoms with E-state index >= 15 is 0 Å². The zero-order valence-electron chi connectivity index (χ0n) is 9.56. The molecule has 1 nitrogen and oxygen atoms in total. The first-order chi connectivity index (χ1) is 6.12. The summed E-state index contributed by atoms with van der Waals surface area (Å²) in [6, 6.07) is 0. The quantitative estimate of drug-likeness (QED) is 0.362. The number of rotatable bonds is 7. The lowest BCUT2D eigenvalue weighted by Gasteiger charge is -2.23. The van der Waals surface area contributed by atoms with Gasteiger partial charge in [-0.05, 0) is 31.7 Å². The molecule has 0 aromatic rings. The molecule has 0 rings (SSSR count). The fourth-order valence-corrected chi connectivity index (χ4v) is 1.21. The minimum atomic E-state index is 0.438. The number of nitrogens with one attached hydrogen (secondary N) is 1. The van der Waals surface area contributed by atoms with Gasteiger partial charge >= 0.3 is 0 Å². The molecule has 0 spiro atoms. The molecule has 0 heterocycles. The summed E-state index contributed by atoms with van der Waals surface area (Å²) in [7, 11) is 0. The molecule has 0 aliphatic carbocycles. The lowest BCUT2D eigenvalue weighted by Crippen LogP contribution is -2.22. The Morgan fingerprint density at radius 3 is 2.62 bits per heavy atom. The Balaban J connectivity index is 3.50. The highest BCUT2D eigenvalue weighted by molar-refractivity contribution is 4.85. The monoisotopic (exact) mass is 182 g/mol. The summed E-state index contributed by atoms with van der Waals surface area (Å²) in [5.41, 5.74) is 0.438. The summed E-state index contributed by atoms with van der Waals surface area (Å²) in [5.74, 6) is 0. The van der Waals surface area contributed by atoms with Gasteiger partial charge in [-0.2, -0.15) is 6.92 Å². The molecule has 0 saturated heterocycles. The van der Waals surface area contributed by atoms with Gasteiger partial charge in [-0.25, -0.2) is 0 Å². The van der Waals surface area contributed by atoms with Gasteiger partial charge in [-0.3, -0.25) is 0 Å². The topological polar surface area (TPSA) is 12.0 Å². The van der Waals surface area contributed by atoms with Crippen molar-refractivity contribution in [1.82, 2.24) is 5.32 Å². The van der Waals surface area contributed by atoms with Crippen LogP contribution in [0.2, 0.25) is 0 Å². The highest BCUT2D eigenvalue weighted by atomic mass is 14.8. The minimum Gasteiger partial charge on any atom is -0.346 e. The number of hydrogen-bond acceptors (Lipinski definition) is 1. The fraction of sp³-hybridized carbons (Fsp3) is 0.750. The van der Waals surface area contributed by atoms with Crippen LogP contribution in [0.3, 0.4) is 0 Å². The van der Waals surface area contributed by atoms with Crippen LogP contribution in [0.4, 0.5) is 0 Å². The third-order valence-corrected chi connectivity index (χ3v) is 2.23. The molecule has 0 saturated carbocycles. The van der Waals surface area contributed by atoms with E-state index in [1.165, 1.54) is 12.8 Å². The van der Waals surface area contributed by atoms with E-state index in [1.807, 2.05) is 0 Å². The molecule has 0 radical (unpaired) electrons. The first kappa shape index (κ1) is 12.7. The van der Waals surface area contributed by atoms with Crippen molar-refractivity contribution in [2.45, 2.75) is 40.5 Å². The van der Waals surface area contributed by atoms with E-state index in [9.17, 15) is 0 Å². The molecule has 0 aromatic carbocycles. The lowest BCUT2D eigenvalue weighted by molar-refractivity contribution is 0.334. The van der Waals surface area contributed by atoms with Gasteiger partial charge < -0.3 is 11.7 Å². The largest absolute Gasteiger partial charge is 0.346 e. The van der Waals surface area contributed by atoms with Gasteiger partial charge in [0.25, 0.3) is 0 Å². The second-order valence-corrected chi connectivity index (χ2v) is 4.30. The Bertz CT molecular complexity index is 136.